The Labute approximate surface area is 129 Å². The van der Waals surface area contributed by atoms with Crippen LogP contribution in [0.5, 0.6) is 0 Å². The lowest BCUT2D eigenvalue weighted by molar-refractivity contribution is -0.138. The molecule has 22 heavy (non-hydrogen) atoms. The van der Waals surface area contributed by atoms with Gasteiger partial charge < -0.3 is 15.5 Å². The molecule has 0 aliphatic carbocycles. The van der Waals surface area contributed by atoms with Crippen LogP contribution in [0, 0.1) is 0 Å². The number of carbonyl (C=O) groups excluding carboxylic acids is 3. The van der Waals surface area contributed by atoms with E-state index in [4.69, 9.17) is 0 Å². The van der Waals surface area contributed by atoms with E-state index in [0.29, 0.717) is 19.4 Å². The van der Waals surface area contributed by atoms with Crippen molar-refractivity contribution in [3.63, 3.8) is 0 Å². The number of rotatable bonds is 5. The van der Waals surface area contributed by atoms with Gasteiger partial charge in [0.2, 0.25) is 17.7 Å². The van der Waals surface area contributed by atoms with Gasteiger partial charge in [-0.25, -0.2) is 0 Å². The third kappa shape index (κ3) is 4.07. The summed E-state index contributed by atoms with van der Waals surface area (Å²) in [5.74, 6) is -0.570. The van der Waals surface area contributed by atoms with E-state index in [9.17, 15) is 14.4 Å². The second-order valence-corrected chi connectivity index (χ2v) is 5.30. The maximum absolute atomic E-state index is 12.4. The van der Waals surface area contributed by atoms with Crippen molar-refractivity contribution in [3.8, 4) is 0 Å². The summed E-state index contributed by atoms with van der Waals surface area (Å²) in [5.41, 5.74) is 0.934. The van der Waals surface area contributed by atoms with Gasteiger partial charge >= 0.3 is 0 Å². The highest BCUT2D eigenvalue weighted by atomic mass is 16.2. The van der Waals surface area contributed by atoms with Crippen LogP contribution in [-0.4, -0.2) is 48.8 Å². The van der Waals surface area contributed by atoms with E-state index in [1.807, 2.05) is 30.3 Å². The number of nitrogens with zero attached hydrogens (tertiary/aromatic N) is 1. The molecule has 1 saturated heterocycles. The molecule has 0 radical (unpaired) electrons. The van der Waals surface area contributed by atoms with Crippen LogP contribution in [0.15, 0.2) is 30.3 Å². The molecule has 0 spiro atoms. The van der Waals surface area contributed by atoms with E-state index >= 15 is 0 Å². The van der Waals surface area contributed by atoms with Gasteiger partial charge in [0.05, 0.1) is 13.0 Å². The quantitative estimate of drug-likeness (QED) is 0.809. The fraction of sp³-hybridized carbons (Fsp3) is 0.438. The highest BCUT2D eigenvalue weighted by Gasteiger charge is 2.33. The lowest BCUT2D eigenvalue weighted by Gasteiger charge is -2.24. The average Bonchev–Trinajstić information content (AvgIpc) is 3.03. The van der Waals surface area contributed by atoms with Crippen molar-refractivity contribution in [3.05, 3.63) is 35.9 Å². The van der Waals surface area contributed by atoms with E-state index in [1.54, 1.807) is 4.90 Å². The molecular weight excluding hydrogens is 282 g/mol. The fourth-order valence-electron chi connectivity index (χ4n) is 2.58. The SMILES string of the molecule is CNC(=O)CNC(=O)C1CCCN1C(=O)Cc1ccccc1. The van der Waals surface area contributed by atoms with Crippen molar-refractivity contribution in [1.82, 2.24) is 15.5 Å². The molecule has 0 bridgehead atoms. The summed E-state index contributed by atoms with van der Waals surface area (Å²) in [7, 11) is 1.51. The Morgan fingerprint density at radius 3 is 2.64 bits per heavy atom. The molecule has 6 nitrogen and oxygen atoms in total. The number of likely N-dealkylation sites (tertiary alicyclic amines) is 1. The number of likely N-dealkylation sites (N-methyl/N-ethyl adjacent to an activating group) is 1. The van der Waals surface area contributed by atoms with Crippen molar-refractivity contribution in [2.75, 3.05) is 20.1 Å². The van der Waals surface area contributed by atoms with E-state index < -0.39 is 6.04 Å². The van der Waals surface area contributed by atoms with Crippen molar-refractivity contribution >= 4 is 17.7 Å². The van der Waals surface area contributed by atoms with Gasteiger partial charge in [-0.1, -0.05) is 30.3 Å². The van der Waals surface area contributed by atoms with E-state index in [1.165, 1.54) is 7.05 Å². The zero-order chi connectivity index (χ0) is 15.9. The number of hydrogen-bond donors (Lipinski definition) is 2. The van der Waals surface area contributed by atoms with Crippen LogP contribution in [0.3, 0.4) is 0 Å². The lowest BCUT2D eigenvalue weighted by Crippen LogP contribution is -2.48. The van der Waals surface area contributed by atoms with Crippen LogP contribution >= 0.6 is 0 Å². The number of benzene rings is 1. The van der Waals surface area contributed by atoms with Crippen LogP contribution in [0.25, 0.3) is 0 Å². The standard InChI is InChI=1S/C16H21N3O3/c1-17-14(20)11-18-16(22)13-8-5-9-19(13)15(21)10-12-6-3-2-4-7-12/h2-4,6-7,13H,5,8-11H2,1H3,(H,17,20)(H,18,22). The summed E-state index contributed by atoms with van der Waals surface area (Å²) < 4.78 is 0. The molecule has 3 amide bonds. The predicted molar refractivity (Wildman–Crippen MR) is 82.0 cm³/mol. The van der Waals surface area contributed by atoms with E-state index in [0.717, 1.165) is 12.0 Å². The smallest absolute Gasteiger partial charge is 0.243 e. The van der Waals surface area contributed by atoms with Crippen molar-refractivity contribution in [2.24, 2.45) is 0 Å². The lowest BCUT2D eigenvalue weighted by atomic mass is 10.1. The molecular formula is C16H21N3O3. The second-order valence-electron chi connectivity index (χ2n) is 5.30. The molecule has 1 unspecified atom stereocenters. The Morgan fingerprint density at radius 1 is 1.23 bits per heavy atom. The van der Waals surface area contributed by atoms with Crippen LogP contribution in [0.4, 0.5) is 0 Å². The summed E-state index contributed by atoms with van der Waals surface area (Å²) in [6.07, 6.45) is 1.73. The molecule has 1 atom stereocenters. The van der Waals surface area contributed by atoms with Crippen LogP contribution in [0.2, 0.25) is 0 Å². The number of hydrogen-bond acceptors (Lipinski definition) is 3. The number of carbonyl (C=O) groups is 3. The number of amides is 3. The Bertz CT molecular complexity index is 545. The van der Waals surface area contributed by atoms with Gasteiger partial charge in [0, 0.05) is 13.6 Å². The monoisotopic (exact) mass is 303 g/mol. The topological polar surface area (TPSA) is 78.5 Å². The predicted octanol–water partition coefficient (Wildman–Crippen LogP) is 0.0823. The molecule has 1 aromatic rings. The normalized spacial score (nSPS) is 17.1. The van der Waals surface area contributed by atoms with Crippen molar-refractivity contribution < 1.29 is 14.4 Å². The minimum Gasteiger partial charge on any atom is -0.358 e. The minimum atomic E-state index is -0.471. The van der Waals surface area contributed by atoms with Gasteiger partial charge in [0.15, 0.2) is 0 Å². The van der Waals surface area contributed by atoms with Crippen LogP contribution in [0.1, 0.15) is 18.4 Å². The molecule has 2 rings (SSSR count). The molecule has 0 aromatic heterocycles. The molecule has 1 aromatic carbocycles. The van der Waals surface area contributed by atoms with Gasteiger partial charge in [-0.15, -0.1) is 0 Å². The summed E-state index contributed by atoms with van der Waals surface area (Å²) in [6.45, 7) is 0.524. The summed E-state index contributed by atoms with van der Waals surface area (Å²) >= 11 is 0. The van der Waals surface area contributed by atoms with Gasteiger partial charge in [-0.2, -0.15) is 0 Å². The molecule has 1 aliphatic heterocycles. The van der Waals surface area contributed by atoms with E-state index in [-0.39, 0.29) is 24.3 Å². The molecule has 1 aliphatic rings. The highest BCUT2D eigenvalue weighted by molar-refractivity contribution is 5.91. The molecule has 2 N–H and O–H groups in total. The highest BCUT2D eigenvalue weighted by Crippen LogP contribution is 2.18. The Hall–Kier alpha value is -2.37. The summed E-state index contributed by atoms with van der Waals surface area (Å²) in [4.78, 5) is 37.3. The minimum absolute atomic E-state index is 0.0520. The van der Waals surface area contributed by atoms with Gasteiger partial charge in [-0.3, -0.25) is 14.4 Å². The molecule has 118 valence electrons. The van der Waals surface area contributed by atoms with Gasteiger partial charge in [-0.05, 0) is 18.4 Å². The molecule has 0 saturated carbocycles. The van der Waals surface area contributed by atoms with Crippen molar-refractivity contribution in [1.29, 1.82) is 0 Å². The third-order valence-corrected chi connectivity index (χ3v) is 3.78. The number of nitrogens with one attached hydrogen (secondary N) is 2. The Morgan fingerprint density at radius 2 is 1.95 bits per heavy atom. The molecule has 6 heteroatoms. The first-order valence-electron chi connectivity index (χ1n) is 7.43. The zero-order valence-electron chi connectivity index (χ0n) is 12.7. The molecule has 1 heterocycles. The maximum Gasteiger partial charge on any atom is 0.243 e. The first kappa shape index (κ1) is 16.0. The second kappa shape index (κ2) is 7.59. The van der Waals surface area contributed by atoms with Gasteiger partial charge in [0.1, 0.15) is 6.04 Å². The van der Waals surface area contributed by atoms with Gasteiger partial charge in [0.25, 0.3) is 0 Å². The Kier molecular flexibility index (Phi) is 5.52. The Balaban J connectivity index is 1.93. The summed E-state index contributed by atoms with van der Waals surface area (Å²) in [5, 5.41) is 5.02. The third-order valence-electron chi connectivity index (χ3n) is 3.78. The maximum atomic E-state index is 12.4. The van der Waals surface area contributed by atoms with Crippen molar-refractivity contribution in [2.45, 2.75) is 25.3 Å². The van der Waals surface area contributed by atoms with Crippen LogP contribution < -0.4 is 10.6 Å². The van der Waals surface area contributed by atoms with Crippen LogP contribution in [-0.2, 0) is 20.8 Å². The zero-order valence-corrected chi connectivity index (χ0v) is 12.7. The first-order chi connectivity index (χ1) is 10.6. The molecule has 1 fully saturated rings. The van der Waals surface area contributed by atoms with E-state index in [2.05, 4.69) is 10.6 Å². The summed E-state index contributed by atoms with van der Waals surface area (Å²) in [6, 6.07) is 9.00. The fourth-order valence-corrected chi connectivity index (χ4v) is 2.58. The first-order valence-corrected chi connectivity index (χ1v) is 7.43. The average molecular weight is 303 g/mol. The largest absolute Gasteiger partial charge is 0.358 e.